The average molecular weight is 223 g/mol. The quantitative estimate of drug-likeness (QED) is 0.462. The number of ether oxygens (including phenoxy) is 1. The summed E-state index contributed by atoms with van der Waals surface area (Å²) < 4.78 is 87.2. The van der Waals surface area contributed by atoms with Gasteiger partial charge in [-0.3, -0.25) is 0 Å². The molecule has 0 radical (unpaired) electrons. The van der Waals surface area contributed by atoms with Crippen LogP contribution in [-0.2, 0) is 4.74 Å². The first-order chi connectivity index (χ1) is 6.25. The molecular weight excluding hydrogens is 223 g/mol. The third-order valence-electron chi connectivity index (χ3n) is 1.15. The van der Waals surface area contributed by atoms with Gasteiger partial charge in [0.1, 0.15) is 0 Å². The van der Waals surface area contributed by atoms with Crippen LogP contribution >= 0.6 is 0 Å². The molecule has 0 spiro atoms. The van der Waals surface area contributed by atoms with Crippen molar-refractivity contribution in [3.05, 3.63) is 23.9 Å². The number of hydrogen-bond acceptors (Lipinski definition) is 2. The van der Waals surface area contributed by atoms with E-state index in [2.05, 4.69) is 4.74 Å². The molecule has 1 aliphatic heterocycles. The molecule has 1 heterocycles. The van der Waals surface area contributed by atoms with Gasteiger partial charge in [-0.25, -0.2) is 0 Å². The molecule has 0 aromatic heterocycles. The van der Waals surface area contributed by atoms with Crippen LogP contribution < -0.4 is 0 Å². The molecule has 9 heteroatoms. The van der Waals surface area contributed by atoms with Crippen LogP contribution in [-0.4, -0.2) is 11.2 Å². The summed E-state index contributed by atoms with van der Waals surface area (Å²) in [5.41, 5.74) is 0. The van der Waals surface area contributed by atoms with Crippen LogP contribution in [0.1, 0.15) is 0 Å². The summed E-state index contributed by atoms with van der Waals surface area (Å²) in [4.78, 5) is -1.75. The van der Waals surface area contributed by atoms with Crippen LogP contribution in [0.3, 0.4) is 0 Å². The van der Waals surface area contributed by atoms with Crippen molar-refractivity contribution >= 4 is 0 Å². The Balaban J connectivity index is 3.18. The van der Waals surface area contributed by atoms with Gasteiger partial charge in [-0.1, -0.05) is 0 Å². The van der Waals surface area contributed by atoms with Gasteiger partial charge in [0.05, 0.1) is 0 Å². The molecule has 0 fully saturated rings. The molecule has 0 aromatic rings. The average Bonchev–Trinajstić information content (AvgIpc) is 1.98. The number of alkyl halides is 3. The number of halogens is 7. The lowest BCUT2D eigenvalue weighted by Gasteiger charge is -2.25. The molecule has 0 saturated carbocycles. The maximum atomic E-state index is 12.3. The Morgan fingerprint density at radius 1 is 0.857 bits per heavy atom. The Labute approximate surface area is 71.8 Å². The molecule has 0 N–H and O–H groups in total. The lowest BCUT2D eigenvalue weighted by Crippen LogP contribution is -2.37. The topological polar surface area (TPSA) is 12.5 Å². The van der Waals surface area contributed by atoms with Crippen molar-refractivity contribution in [3.63, 3.8) is 0 Å². The number of nitrogens with zero attached hydrogens (tertiary/aromatic N) is 1. The normalized spacial score (nSPS) is 18.9. The summed E-state index contributed by atoms with van der Waals surface area (Å²) >= 11 is 0. The van der Waals surface area contributed by atoms with E-state index in [4.69, 9.17) is 0 Å². The molecule has 0 aliphatic carbocycles. The van der Waals surface area contributed by atoms with Crippen molar-refractivity contribution in [1.82, 2.24) is 4.90 Å². The molecule has 14 heavy (non-hydrogen) atoms. The summed E-state index contributed by atoms with van der Waals surface area (Å²) in [6.07, 6.45) is -5.62. The highest BCUT2D eigenvalue weighted by atomic mass is 19.4. The van der Waals surface area contributed by atoms with Crippen LogP contribution in [0.25, 0.3) is 0 Å². The Hall–Kier alpha value is -1.41. The first-order valence-electron chi connectivity index (χ1n) is 2.90. The lowest BCUT2D eigenvalue weighted by molar-refractivity contribution is -0.240. The predicted molar refractivity (Wildman–Crippen MR) is 27.5 cm³/mol. The minimum atomic E-state index is -5.62. The second kappa shape index (κ2) is 3.07. The molecule has 0 bridgehead atoms. The third kappa shape index (κ3) is 1.61. The van der Waals surface area contributed by atoms with E-state index in [9.17, 15) is 30.7 Å². The highest BCUT2D eigenvalue weighted by Crippen LogP contribution is 2.39. The van der Waals surface area contributed by atoms with Crippen molar-refractivity contribution < 1.29 is 35.5 Å². The first-order valence-corrected chi connectivity index (χ1v) is 2.90. The molecule has 0 aromatic carbocycles. The van der Waals surface area contributed by atoms with E-state index in [-0.39, 0.29) is 0 Å². The zero-order valence-electron chi connectivity index (χ0n) is 6.00. The summed E-state index contributed by atoms with van der Waals surface area (Å²) in [6.45, 7) is 0. The van der Waals surface area contributed by atoms with Gasteiger partial charge in [0, 0.05) is 0 Å². The molecule has 1 rings (SSSR count). The van der Waals surface area contributed by atoms with Gasteiger partial charge in [0.25, 0.3) is 11.9 Å². The maximum absolute atomic E-state index is 12.3. The van der Waals surface area contributed by atoms with Crippen molar-refractivity contribution in [2.24, 2.45) is 0 Å². The monoisotopic (exact) mass is 223 g/mol. The Kier molecular flexibility index (Phi) is 2.34. The minimum absolute atomic E-state index is 1.75. The van der Waals surface area contributed by atoms with Gasteiger partial charge in [0.2, 0.25) is 0 Å². The molecule has 0 amide bonds. The van der Waals surface area contributed by atoms with E-state index in [0.29, 0.717) is 0 Å². The fourth-order valence-electron chi connectivity index (χ4n) is 0.647. The smallest absolute Gasteiger partial charge is 0.397 e. The highest BCUT2D eigenvalue weighted by molar-refractivity contribution is 5.11. The van der Waals surface area contributed by atoms with Gasteiger partial charge >= 0.3 is 18.3 Å². The summed E-state index contributed by atoms with van der Waals surface area (Å²) in [7, 11) is 0. The standard InChI is InChI=1S/C5F7NO/c6-1-3(8)14-4(9)2(7)13(1)5(10,11)12. The maximum Gasteiger partial charge on any atom is 0.493 e. The van der Waals surface area contributed by atoms with Crippen molar-refractivity contribution in [2.45, 2.75) is 6.30 Å². The van der Waals surface area contributed by atoms with Crippen molar-refractivity contribution in [1.29, 1.82) is 0 Å². The van der Waals surface area contributed by atoms with Gasteiger partial charge in [0.15, 0.2) is 0 Å². The van der Waals surface area contributed by atoms with E-state index >= 15 is 0 Å². The van der Waals surface area contributed by atoms with E-state index in [1.165, 1.54) is 0 Å². The van der Waals surface area contributed by atoms with Gasteiger partial charge < -0.3 is 4.74 Å². The number of rotatable bonds is 0. The molecule has 2 nitrogen and oxygen atoms in total. The van der Waals surface area contributed by atoms with Crippen LogP contribution in [0.5, 0.6) is 0 Å². The largest absolute Gasteiger partial charge is 0.493 e. The highest BCUT2D eigenvalue weighted by Gasteiger charge is 2.48. The zero-order valence-corrected chi connectivity index (χ0v) is 6.00. The van der Waals surface area contributed by atoms with Crippen LogP contribution in [0.15, 0.2) is 23.9 Å². The van der Waals surface area contributed by atoms with Crippen LogP contribution in [0.4, 0.5) is 30.7 Å². The van der Waals surface area contributed by atoms with Crippen molar-refractivity contribution in [3.8, 4) is 0 Å². The Bertz CT molecular complexity index is 293. The molecule has 0 unspecified atom stereocenters. The third-order valence-corrected chi connectivity index (χ3v) is 1.15. The second-order valence-electron chi connectivity index (χ2n) is 2.03. The summed E-state index contributed by atoms with van der Waals surface area (Å²) in [6, 6.07) is -5.00. The zero-order chi connectivity index (χ0) is 11.1. The van der Waals surface area contributed by atoms with Gasteiger partial charge in [-0.2, -0.15) is 22.5 Å². The summed E-state index contributed by atoms with van der Waals surface area (Å²) in [5, 5.41) is 0. The SMILES string of the molecule is FC1=C(F)N(C(F)(F)F)C(F)=C(F)O1. The summed E-state index contributed by atoms with van der Waals surface area (Å²) in [5.74, 6) is -5.40. The fraction of sp³-hybridized carbons (Fsp3) is 0.200. The first kappa shape index (κ1) is 10.7. The molecule has 80 valence electrons. The number of hydrogen-bond donors (Lipinski definition) is 0. The van der Waals surface area contributed by atoms with E-state index in [0.717, 1.165) is 0 Å². The lowest BCUT2D eigenvalue weighted by atomic mass is 10.6. The van der Waals surface area contributed by atoms with Gasteiger partial charge in [-0.15, -0.1) is 13.2 Å². The van der Waals surface area contributed by atoms with Crippen LogP contribution in [0.2, 0.25) is 0 Å². The van der Waals surface area contributed by atoms with Gasteiger partial charge in [-0.05, 0) is 0 Å². The molecule has 0 saturated heterocycles. The molecule has 0 atom stereocenters. The molecule has 1 aliphatic rings. The second-order valence-corrected chi connectivity index (χ2v) is 2.03. The van der Waals surface area contributed by atoms with E-state index in [1.54, 1.807) is 0 Å². The van der Waals surface area contributed by atoms with Crippen molar-refractivity contribution in [2.75, 3.05) is 0 Å². The van der Waals surface area contributed by atoms with Crippen LogP contribution in [0, 0.1) is 0 Å². The minimum Gasteiger partial charge on any atom is -0.397 e. The van der Waals surface area contributed by atoms with E-state index in [1.807, 2.05) is 0 Å². The fourth-order valence-corrected chi connectivity index (χ4v) is 0.647. The predicted octanol–water partition coefficient (Wildman–Crippen LogP) is 2.97. The Morgan fingerprint density at radius 3 is 1.50 bits per heavy atom. The Morgan fingerprint density at radius 2 is 1.21 bits per heavy atom. The van der Waals surface area contributed by atoms with E-state index < -0.39 is 35.1 Å². The molecular formula is C5F7NO.